The second kappa shape index (κ2) is 5.31. The van der Waals surface area contributed by atoms with Gasteiger partial charge in [0.25, 0.3) is 0 Å². The minimum absolute atomic E-state index is 0.205. The van der Waals surface area contributed by atoms with Crippen LogP contribution in [0, 0.1) is 0 Å². The lowest BCUT2D eigenvalue weighted by Gasteiger charge is -2.21. The summed E-state index contributed by atoms with van der Waals surface area (Å²) in [6.07, 6.45) is -0.205. The number of amides is 2. The molecule has 0 saturated carbocycles. The molecule has 1 aromatic rings. The first-order valence-corrected chi connectivity index (χ1v) is 5.03. The van der Waals surface area contributed by atoms with E-state index in [9.17, 15) is 9.59 Å². The summed E-state index contributed by atoms with van der Waals surface area (Å²) in [6.45, 7) is 0. The van der Waals surface area contributed by atoms with Crippen molar-refractivity contribution in [2.24, 2.45) is 11.5 Å². The van der Waals surface area contributed by atoms with Gasteiger partial charge in [0.15, 0.2) is 0 Å². The molecular formula is C11H15N3O3. The van der Waals surface area contributed by atoms with Crippen molar-refractivity contribution < 1.29 is 14.7 Å². The lowest BCUT2D eigenvalue weighted by atomic mass is 10.0. The SMILES string of the molecule is CN(C(N)=O)c1ccccc1C(N)CC(=O)O. The average molecular weight is 237 g/mol. The maximum atomic E-state index is 11.1. The predicted octanol–water partition coefficient (Wildman–Crippen LogP) is 0.676. The van der Waals surface area contributed by atoms with E-state index >= 15 is 0 Å². The van der Waals surface area contributed by atoms with Crippen LogP contribution in [0.1, 0.15) is 18.0 Å². The van der Waals surface area contributed by atoms with E-state index in [1.54, 1.807) is 24.3 Å². The van der Waals surface area contributed by atoms with Crippen molar-refractivity contribution in [2.45, 2.75) is 12.5 Å². The Bertz CT molecular complexity index is 434. The smallest absolute Gasteiger partial charge is 0.319 e. The first-order chi connectivity index (χ1) is 7.93. The maximum Gasteiger partial charge on any atom is 0.319 e. The summed E-state index contributed by atoms with van der Waals surface area (Å²) in [5.41, 5.74) is 12.0. The highest BCUT2D eigenvalue weighted by atomic mass is 16.4. The second-order valence-corrected chi connectivity index (χ2v) is 3.66. The number of anilines is 1. The van der Waals surface area contributed by atoms with E-state index in [-0.39, 0.29) is 6.42 Å². The first-order valence-electron chi connectivity index (χ1n) is 5.03. The molecule has 1 aromatic carbocycles. The molecule has 92 valence electrons. The molecule has 1 rings (SSSR count). The number of hydrogen-bond acceptors (Lipinski definition) is 3. The minimum Gasteiger partial charge on any atom is -0.481 e. The molecule has 1 atom stereocenters. The zero-order valence-electron chi connectivity index (χ0n) is 9.46. The van der Waals surface area contributed by atoms with Crippen molar-refractivity contribution in [3.05, 3.63) is 29.8 Å². The van der Waals surface area contributed by atoms with Gasteiger partial charge in [0.1, 0.15) is 0 Å². The maximum absolute atomic E-state index is 11.1. The molecule has 0 saturated heterocycles. The number of rotatable bonds is 4. The first kappa shape index (κ1) is 13.0. The van der Waals surface area contributed by atoms with Crippen molar-refractivity contribution in [3.63, 3.8) is 0 Å². The molecule has 17 heavy (non-hydrogen) atoms. The third-order valence-corrected chi connectivity index (χ3v) is 2.42. The average Bonchev–Trinajstić information content (AvgIpc) is 2.27. The highest BCUT2D eigenvalue weighted by molar-refractivity contribution is 5.91. The molecule has 0 bridgehead atoms. The van der Waals surface area contributed by atoms with Crippen LogP contribution >= 0.6 is 0 Å². The number of nitrogens with zero attached hydrogens (tertiary/aromatic N) is 1. The summed E-state index contributed by atoms with van der Waals surface area (Å²) in [6, 6.07) is 5.51. The van der Waals surface area contributed by atoms with E-state index in [4.69, 9.17) is 16.6 Å². The number of carbonyl (C=O) groups is 2. The van der Waals surface area contributed by atoms with Crippen LogP contribution in [0.2, 0.25) is 0 Å². The molecule has 0 fully saturated rings. The molecular weight excluding hydrogens is 222 g/mol. The molecule has 0 aliphatic rings. The van der Waals surface area contributed by atoms with Gasteiger partial charge < -0.3 is 16.6 Å². The Labute approximate surface area is 98.8 Å². The van der Waals surface area contributed by atoms with E-state index < -0.39 is 18.0 Å². The predicted molar refractivity (Wildman–Crippen MR) is 63.6 cm³/mol. The molecule has 0 heterocycles. The van der Waals surface area contributed by atoms with Gasteiger partial charge in [-0.15, -0.1) is 0 Å². The number of primary amides is 1. The molecule has 6 nitrogen and oxygen atoms in total. The van der Waals surface area contributed by atoms with Crippen LogP contribution in [-0.4, -0.2) is 24.2 Å². The van der Waals surface area contributed by atoms with Crippen molar-refractivity contribution in [1.82, 2.24) is 0 Å². The van der Waals surface area contributed by atoms with Crippen molar-refractivity contribution in [2.75, 3.05) is 11.9 Å². The van der Waals surface area contributed by atoms with Crippen LogP contribution in [0.5, 0.6) is 0 Å². The van der Waals surface area contributed by atoms with Gasteiger partial charge in [-0.05, 0) is 11.6 Å². The third kappa shape index (κ3) is 3.18. The van der Waals surface area contributed by atoms with Gasteiger partial charge >= 0.3 is 12.0 Å². The summed E-state index contributed by atoms with van der Waals surface area (Å²) >= 11 is 0. The Morgan fingerprint density at radius 3 is 2.53 bits per heavy atom. The Balaban J connectivity index is 3.07. The summed E-state index contributed by atoms with van der Waals surface area (Å²) in [7, 11) is 1.51. The molecule has 0 aromatic heterocycles. The molecule has 0 aliphatic heterocycles. The topological polar surface area (TPSA) is 110 Å². The van der Waals surface area contributed by atoms with Gasteiger partial charge in [-0.2, -0.15) is 0 Å². The van der Waals surface area contributed by atoms with Gasteiger partial charge in [0, 0.05) is 18.8 Å². The number of carboxylic acids is 1. The standard InChI is InChI=1S/C11H15N3O3/c1-14(11(13)17)9-5-3-2-4-7(9)8(12)6-10(15)16/h2-5,8H,6,12H2,1H3,(H2,13,17)(H,15,16). The van der Waals surface area contributed by atoms with Crippen LogP contribution in [0.15, 0.2) is 24.3 Å². The van der Waals surface area contributed by atoms with Crippen LogP contribution < -0.4 is 16.4 Å². The fourth-order valence-electron chi connectivity index (χ4n) is 1.52. The number of para-hydroxylation sites is 1. The van der Waals surface area contributed by atoms with Gasteiger partial charge in [-0.25, -0.2) is 4.79 Å². The van der Waals surface area contributed by atoms with Gasteiger partial charge in [-0.1, -0.05) is 18.2 Å². The molecule has 0 radical (unpaired) electrons. The number of carboxylic acid groups (broad SMARTS) is 1. The van der Waals surface area contributed by atoms with E-state index in [1.165, 1.54) is 11.9 Å². The summed E-state index contributed by atoms with van der Waals surface area (Å²) < 4.78 is 0. The number of carbonyl (C=O) groups excluding carboxylic acids is 1. The van der Waals surface area contributed by atoms with Gasteiger partial charge in [0.2, 0.25) is 0 Å². The number of benzene rings is 1. The monoisotopic (exact) mass is 237 g/mol. The quantitative estimate of drug-likeness (QED) is 0.715. The van der Waals surface area contributed by atoms with Gasteiger partial charge in [0.05, 0.1) is 6.42 Å². The lowest BCUT2D eigenvalue weighted by molar-refractivity contribution is -0.137. The molecule has 2 amide bonds. The van der Waals surface area contributed by atoms with Crippen molar-refractivity contribution in [1.29, 1.82) is 0 Å². The Morgan fingerprint density at radius 1 is 1.41 bits per heavy atom. The summed E-state index contributed by atoms with van der Waals surface area (Å²) in [4.78, 5) is 22.9. The fraction of sp³-hybridized carbons (Fsp3) is 0.273. The lowest BCUT2D eigenvalue weighted by Crippen LogP contribution is -2.33. The van der Waals surface area contributed by atoms with Crippen molar-refractivity contribution >= 4 is 17.7 Å². The van der Waals surface area contributed by atoms with Crippen LogP contribution in [0.4, 0.5) is 10.5 Å². The van der Waals surface area contributed by atoms with Gasteiger partial charge in [-0.3, -0.25) is 9.69 Å². The minimum atomic E-state index is -0.992. The largest absolute Gasteiger partial charge is 0.481 e. The molecule has 0 spiro atoms. The second-order valence-electron chi connectivity index (χ2n) is 3.66. The Hall–Kier alpha value is -2.08. The Morgan fingerprint density at radius 2 is 2.00 bits per heavy atom. The number of nitrogens with two attached hydrogens (primary N) is 2. The van der Waals surface area contributed by atoms with Crippen molar-refractivity contribution in [3.8, 4) is 0 Å². The fourth-order valence-corrected chi connectivity index (χ4v) is 1.52. The summed E-state index contributed by atoms with van der Waals surface area (Å²) in [5.74, 6) is -0.992. The summed E-state index contributed by atoms with van der Waals surface area (Å²) in [5, 5.41) is 8.70. The van der Waals surface area contributed by atoms with E-state index in [2.05, 4.69) is 0 Å². The zero-order valence-corrected chi connectivity index (χ0v) is 9.46. The highest BCUT2D eigenvalue weighted by Crippen LogP contribution is 2.25. The third-order valence-electron chi connectivity index (χ3n) is 2.42. The van der Waals surface area contributed by atoms with E-state index in [1.807, 2.05) is 0 Å². The Kier molecular flexibility index (Phi) is 4.06. The normalized spacial score (nSPS) is 11.9. The van der Waals surface area contributed by atoms with Crippen LogP contribution in [0.25, 0.3) is 0 Å². The number of aliphatic carboxylic acids is 1. The number of urea groups is 1. The molecule has 5 N–H and O–H groups in total. The number of hydrogen-bond donors (Lipinski definition) is 3. The van der Waals surface area contributed by atoms with E-state index in [0.717, 1.165) is 0 Å². The molecule has 6 heteroatoms. The van der Waals surface area contributed by atoms with E-state index in [0.29, 0.717) is 11.3 Å². The van der Waals surface area contributed by atoms with Crippen LogP contribution in [0.3, 0.4) is 0 Å². The molecule has 0 aliphatic carbocycles. The highest BCUT2D eigenvalue weighted by Gasteiger charge is 2.17. The zero-order chi connectivity index (χ0) is 13.0. The molecule has 1 unspecified atom stereocenters. The van der Waals surface area contributed by atoms with Crippen LogP contribution in [-0.2, 0) is 4.79 Å².